The highest BCUT2D eigenvalue weighted by Crippen LogP contribution is 2.10. The van der Waals surface area contributed by atoms with Gasteiger partial charge in [-0.2, -0.15) is 0 Å². The number of hydrogen-bond donors (Lipinski definition) is 4. The molecule has 0 spiro atoms. The molecule has 0 bridgehead atoms. The molecular formula is C9H18N4OS2. The minimum atomic E-state index is 0.278. The normalized spacial score (nSPS) is 18.9. The average molecular weight is 262 g/mol. The largest absolute Gasteiger partial charge is 0.376 e. The topological polar surface area (TPSA) is 57.3 Å². The summed E-state index contributed by atoms with van der Waals surface area (Å²) in [6.07, 6.45) is 2.51. The van der Waals surface area contributed by atoms with Crippen molar-refractivity contribution in [2.45, 2.75) is 25.9 Å². The minimum absolute atomic E-state index is 0.278. The lowest BCUT2D eigenvalue weighted by atomic mass is 10.2. The van der Waals surface area contributed by atoms with Crippen LogP contribution >= 0.6 is 24.4 Å². The molecule has 92 valence electrons. The molecule has 1 aliphatic heterocycles. The van der Waals surface area contributed by atoms with E-state index >= 15 is 0 Å². The summed E-state index contributed by atoms with van der Waals surface area (Å²) in [7, 11) is 0. The van der Waals surface area contributed by atoms with Gasteiger partial charge in [-0.1, -0.05) is 0 Å². The van der Waals surface area contributed by atoms with Crippen LogP contribution in [-0.4, -0.2) is 36.0 Å². The van der Waals surface area contributed by atoms with Gasteiger partial charge in [0.2, 0.25) is 0 Å². The van der Waals surface area contributed by atoms with Crippen molar-refractivity contribution >= 4 is 34.7 Å². The van der Waals surface area contributed by atoms with Crippen LogP contribution in [0.15, 0.2) is 0 Å². The second-order valence-corrected chi connectivity index (χ2v) is 4.27. The standard InChI is InChI=1S/C9H18N4OS2/c1-2-10-8(15)12-13-9(16)11-6-7-4-3-5-14-7/h7H,2-6H2,1H3,(H2,10,12,15)(H2,11,13,16). The van der Waals surface area contributed by atoms with Gasteiger partial charge in [-0.3, -0.25) is 10.9 Å². The van der Waals surface area contributed by atoms with Gasteiger partial charge in [-0.15, -0.1) is 0 Å². The van der Waals surface area contributed by atoms with Gasteiger partial charge in [0.1, 0.15) is 0 Å². The van der Waals surface area contributed by atoms with Gasteiger partial charge >= 0.3 is 0 Å². The average Bonchev–Trinajstić information content (AvgIpc) is 2.77. The molecule has 0 aromatic rings. The molecule has 1 aliphatic rings. The molecule has 0 amide bonds. The lowest BCUT2D eigenvalue weighted by Gasteiger charge is -2.15. The molecule has 0 radical (unpaired) electrons. The molecule has 5 nitrogen and oxygen atoms in total. The minimum Gasteiger partial charge on any atom is -0.376 e. The number of hydrogen-bond acceptors (Lipinski definition) is 3. The fourth-order valence-electron chi connectivity index (χ4n) is 1.37. The predicted molar refractivity (Wildman–Crippen MR) is 72.1 cm³/mol. The molecule has 0 aromatic heterocycles. The van der Waals surface area contributed by atoms with Crippen LogP contribution in [-0.2, 0) is 4.74 Å². The molecule has 16 heavy (non-hydrogen) atoms. The Balaban J connectivity index is 2.04. The van der Waals surface area contributed by atoms with E-state index in [0.29, 0.717) is 10.2 Å². The first kappa shape index (κ1) is 13.4. The summed E-state index contributed by atoms with van der Waals surface area (Å²) in [6, 6.07) is 0. The van der Waals surface area contributed by atoms with Gasteiger partial charge < -0.3 is 15.4 Å². The Hall–Kier alpha value is -0.660. The monoisotopic (exact) mass is 262 g/mol. The van der Waals surface area contributed by atoms with Crippen LogP contribution in [0.25, 0.3) is 0 Å². The Bertz CT molecular complexity index is 244. The van der Waals surface area contributed by atoms with Gasteiger partial charge in [0, 0.05) is 19.7 Å². The zero-order chi connectivity index (χ0) is 11.8. The summed E-state index contributed by atoms with van der Waals surface area (Å²) < 4.78 is 5.46. The number of nitrogens with one attached hydrogen (secondary N) is 4. The van der Waals surface area contributed by atoms with Crippen molar-refractivity contribution in [3.8, 4) is 0 Å². The molecular weight excluding hydrogens is 244 g/mol. The quantitative estimate of drug-likeness (QED) is 0.423. The third kappa shape index (κ3) is 5.43. The Morgan fingerprint density at radius 1 is 1.25 bits per heavy atom. The molecule has 1 saturated heterocycles. The van der Waals surface area contributed by atoms with E-state index in [1.54, 1.807) is 0 Å². The van der Waals surface area contributed by atoms with Gasteiger partial charge in [0.15, 0.2) is 10.2 Å². The smallest absolute Gasteiger partial charge is 0.185 e. The molecule has 0 aromatic carbocycles. The van der Waals surface area contributed by atoms with Crippen molar-refractivity contribution in [3.05, 3.63) is 0 Å². The first-order valence-electron chi connectivity index (χ1n) is 5.41. The van der Waals surface area contributed by atoms with Crippen LogP contribution in [0.2, 0.25) is 0 Å². The summed E-state index contributed by atoms with van der Waals surface area (Å²) >= 11 is 10.0. The van der Waals surface area contributed by atoms with E-state index in [4.69, 9.17) is 29.2 Å². The zero-order valence-electron chi connectivity index (χ0n) is 9.34. The third-order valence-electron chi connectivity index (χ3n) is 2.14. The summed E-state index contributed by atoms with van der Waals surface area (Å²) in [4.78, 5) is 0. The van der Waals surface area contributed by atoms with Crippen LogP contribution < -0.4 is 21.5 Å². The van der Waals surface area contributed by atoms with Crippen LogP contribution in [0, 0.1) is 0 Å². The van der Waals surface area contributed by atoms with Crippen LogP contribution in [0.1, 0.15) is 19.8 Å². The molecule has 1 heterocycles. The lowest BCUT2D eigenvalue weighted by Crippen LogP contribution is -2.51. The number of thiocarbonyl (C=S) groups is 2. The van der Waals surface area contributed by atoms with Gasteiger partial charge in [-0.25, -0.2) is 0 Å². The molecule has 0 aliphatic carbocycles. The molecule has 1 unspecified atom stereocenters. The first-order valence-corrected chi connectivity index (χ1v) is 6.23. The van der Waals surface area contributed by atoms with Crippen molar-refractivity contribution in [1.29, 1.82) is 0 Å². The van der Waals surface area contributed by atoms with E-state index in [9.17, 15) is 0 Å². The highest BCUT2D eigenvalue weighted by atomic mass is 32.1. The van der Waals surface area contributed by atoms with Crippen molar-refractivity contribution in [2.24, 2.45) is 0 Å². The predicted octanol–water partition coefficient (Wildman–Crippen LogP) is 0.0285. The van der Waals surface area contributed by atoms with E-state index in [0.717, 1.165) is 32.5 Å². The maximum Gasteiger partial charge on any atom is 0.185 e. The van der Waals surface area contributed by atoms with Crippen LogP contribution in [0.5, 0.6) is 0 Å². The molecule has 7 heteroatoms. The van der Waals surface area contributed by atoms with E-state index < -0.39 is 0 Å². The fraction of sp³-hybridized carbons (Fsp3) is 0.778. The van der Waals surface area contributed by atoms with E-state index in [1.807, 2.05) is 6.92 Å². The van der Waals surface area contributed by atoms with E-state index in [1.165, 1.54) is 0 Å². The summed E-state index contributed by atoms with van der Waals surface area (Å²) in [6.45, 7) is 4.35. The summed E-state index contributed by atoms with van der Waals surface area (Å²) in [5, 5.41) is 7.07. The second-order valence-electron chi connectivity index (χ2n) is 3.45. The lowest BCUT2D eigenvalue weighted by molar-refractivity contribution is 0.114. The Labute approximate surface area is 107 Å². The van der Waals surface area contributed by atoms with Gasteiger partial charge in [0.25, 0.3) is 0 Å². The van der Waals surface area contributed by atoms with Crippen LogP contribution in [0.4, 0.5) is 0 Å². The highest BCUT2D eigenvalue weighted by Gasteiger charge is 2.15. The Morgan fingerprint density at radius 3 is 2.50 bits per heavy atom. The summed E-state index contributed by atoms with van der Waals surface area (Å²) in [5.74, 6) is 0. The second kappa shape index (κ2) is 7.59. The molecule has 1 atom stereocenters. The number of rotatable bonds is 3. The maximum absolute atomic E-state index is 5.46. The fourth-order valence-corrected chi connectivity index (χ4v) is 1.70. The van der Waals surface area contributed by atoms with Crippen molar-refractivity contribution in [3.63, 3.8) is 0 Å². The van der Waals surface area contributed by atoms with Crippen molar-refractivity contribution < 1.29 is 4.74 Å². The summed E-state index contributed by atoms with van der Waals surface area (Å²) in [5.41, 5.74) is 5.59. The first-order chi connectivity index (χ1) is 7.72. The van der Waals surface area contributed by atoms with Gasteiger partial charge in [-0.05, 0) is 44.2 Å². The van der Waals surface area contributed by atoms with E-state index in [-0.39, 0.29) is 6.10 Å². The Kier molecular flexibility index (Phi) is 6.36. The SMILES string of the molecule is CCNC(=S)NNC(=S)NCC1CCCO1. The maximum atomic E-state index is 5.46. The van der Waals surface area contributed by atoms with Crippen LogP contribution in [0.3, 0.4) is 0 Å². The molecule has 1 rings (SSSR count). The van der Waals surface area contributed by atoms with Crippen molar-refractivity contribution in [1.82, 2.24) is 21.5 Å². The molecule has 4 N–H and O–H groups in total. The molecule has 1 fully saturated rings. The Morgan fingerprint density at radius 2 is 1.94 bits per heavy atom. The number of ether oxygens (including phenoxy) is 1. The molecule has 0 saturated carbocycles. The van der Waals surface area contributed by atoms with Crippen molar-refractivity contribution in [2.75, 3.05) is 19.7 Å². The highest BCUT2D eigenvalue weighted by molar-refractivity contribution is 7.80. The zero-order valence-corrected chi connectivity index (χ0v) is 11.0. The van der Waals surface area contributed by atoms with Gasteiger partial charge in [0.05, 0.1) is 6.10 Å². The number of hydrazine groups is 1. The van der Waals surface area contributed by atoms with E-state index in [2.05, 4.69) is 21.5 Å². The third-order valence-corrected chi connectivity index (χ3v) is 2.63.